The van der Waals surface area contributed by atoms with Crippen molar-refractivity contribution in [2.24, 2.45) is 33.7 Å². The van der Waals surface area contributed by atoms with Crippen LogP contribution in [0.25, 0.3) is 22.3 Å². The van der Waals surface area contributed by atoms with E-state index in [4.69, 9.17) is 17.3 Å². The van der Waals surface area contributed by atoms with Crippen LogP contribution in [0.2, 0.25) is 5.02 Å². The summed E-state index contributed by atoms with van der Waals surface area (Å²) in [5, 5.41) is 33.6. The number of likely N-dealkylation sites (N-methyl/N-ethyl adjacent to an activating group) is 1. The second-order valence-electron chi connectivity index (χ2n) is 16.8. The Balaban J connectivity index is 1.29. The number of hydrogen-bond donors (Lipinski definition) is 4. The van der Waals surface area contributed by atoms with E-state index in [0.29, 0.717) is 59.8 Å². The fraction of sp³-hybridized carbons (Fsp3) is 0.360. The number of hydrogen-bond acceptors (Lipinski definition) is 11. The number of phenols is 2. The lowest BCUT2D eigenvalue weighted by atomic mass is 9.87. The number of benzene rings is 4. The van der Waals surface area contributed by atoms with Crippen LogP contribution in [0, 0.1) is 17.8 Å². The molecule has 0 radical (unpaired) electrons. The predicted octanol–water partition coefficient (Wildman–Crippen LogP) is 8.14. The van der Waals surface area contributed by atoms with Gasteiger partial charge in [-0.2, -0.15) is 10.2 Å². The highest BCUT2D eigenvalue weighted by Crippen LogP contribution is 2.40. The molecule has 6 rings (SSSR count). The first-order chi connectivity index (χ1) is 30.6. The minimum absolute atomic E-state index is 0.00409. The summed E-state index contributed by atoms with van der Waals surface area (Å²) >= 11 is 6.06. The van der Waals surface area contributed by atoms with Gasteiger partial charge in [-0.3, -0.25) is 28.8 Å². The van der Waals surface area contributed by atoms with Crippen LogP contribution in [-0.2, 0) is 30.4 Å². The summed E-state index contributed by atoms with van der Waals surface area (Å²) < 4.78 is 0. The maximum absolute atomic E-state index is 14.7. The first kappa shape index (κ1) is 47.2. The number of Topliss-reactive ketones (excluding diaryl/α,β-unsaturated/α-hetero) is 4. The Kier molecular flexibility index (Phi) is 15.8. The van der Waals surface area contributed by atoms with Gasteiger partial charge < -0.3 is 26.2 Å². The molecule has 4 aromatic carbocycles. The molecule has 0 saturated heterocycles. The standard InChI is InChI=1S/C50H54ClN5O8/c1-29(44(59)28-38-19-21-53-55-38)22-46(61)41-25-31-7-17-42(57)39(24-31)40-26-35(14-18-43(40)58)48(47(62)23-30(2)49(63)54-41)56(3)50(64)36(6-4-5-20-52)27-45(60)34-10-8-32(9-11-34)33-12-15-37(51)16-13-33/h7-19,24,26,29-30,36,41,48,57-58H,4-6,20-23,25,27-28,52H2,1-3H3,(H,54,63)/t29-,30-,36-,41+,48+/m1/s1. The molecule has 14 heteroatoms. The van der Waals surface area contributed by atoms with Crippen LogP contribution in [0.15, 0.2) is 107 Å². The number of carbonyl (C=O) groups is 6. The molecule has 5 N–H and O–H groups in total. The summed E-state index contributed by atoms with van der Waals surface area (Å²) in [5.74, 6) is -5.31. The second kappa shape index (κ2) is 21.4. The molecule has 0 spiro atoms. The number of fused-ring (bicyclic) bond motifs is 5. The highest BCUT2D eigenvalue weighted by molar-refractivity contribution is 6.30. The van der Waals surface area contributed by atoms with E-state index < -0.39 is 53.2 Å². The number of rotatable bonds is 16. The summed E-state index contributed by atoms with van der Waals surface area (Å²) in [6, 6.07) is 21.1. The van der Waals surface area contributed by atoms with Crippen LogP contribution in [-0.4, -0.2) is 76.2 Å². The van der Waals surface area contributed by atoms with Crippen molar-refractivity contribution < 1.29 is 39.0 Å². The van der Waals surface area contributed by atoms with Crippen LogP contribution < -0.4 is 11.1 Å². The van der Waals surface area contributed by atoms with Crippen LogP contribution in [0.5, 0.6) is 11.5 Å². The molecule has 2 aliphatic rings. The van der Waals surface area contributed by atoms with Gasteiger partial charge in [-0.1, -0.05) is 80.4 Å². The third-order valence-electron chi connectivity index (χ3n) is 12.0. The molecule has 2 amide bonds. The van der Waals surface area contributed by atoms with Gasteiger partial charge in [0.25, 0.3) is 0 Å². The van der Waals surface area contributed by atoms with Crippen LogP contribution >= 0.6 is 11.6 Å². The van der Waals surface area contributed by atoms with Gasteiger partial charge in [-0.25, -0.2) is 0 Å². The minimum atomic E-state index is -1.28. The Morgan fingerprint density at radius 2 is 1.53 bits per heavy atom. The molecular weight excluding hydrogens is 834 g/mol. The predicted molar refractivity (Wildman–Crippen MR) is 244 cm³/mol. The number of unbranched alkanes of at least 4 members (excludes halogenated alkanes) is 1. The van der Waals surface area contributed by atoms with Crippen molar-refractivity contribution in [2.75, 3.05) is 20.1 Å². The molecule has 64 heavy (non-hydrogen) atoms. The normalized spacial score (nSPS) is 18.3. The molecule has 2 aliphatic heterocycles. The molecular formula is C50H54ClN5O8. The number of nitrogens with two attached hydrogens (primary N) is 1. The van der Waals surface area contributed by atoms with E-state index >= 15 is 0 Å². The molecule has 0 aromatic heterocycles. The van der Waals surface area contributed by atoms with Gasteiger partial charge in [0, 0.05) is 65.8 Å². The van der Waals surface area contributed by atoms with Crippen LogP contribution in [0.3, 0.4) is 0 Å². The van der Waals surface area contributed by atoms with Crippen molar-refractivity contribution in [1.82, 2.24) is 10.2 Å². The van der Waals surface area contributed by atoms with E-state index in [2.05, 4.69) is 15.5 Å². The minimum Gasteiger partial charge on any atom is -0.507 e. The molecule has 4 bridgehead atoms. The van der Waals surface area contributed by atoms with E-state index in [-0.39, 0.29) is 66.3 Å². The lowest BCUT2D eigenvalue weighted by molar-refractivity contribution is -0.142. The zero-order valence-electron chi connectivity index (χ0n) is 36.3. The number of carbonyl (C=O) groups excluding carboxylic acids is 6. The van der Waals surface area contributed by atoms with Gasteiger partial charge in [0.2, 0.25) is 11.8 Å². The van der Waals surface area contributed by atoms with Crippen molar-refractivity contribution in [1.29, 1.82) is 0 Å². The number of aromatic hydroxyl groups is 2. The van der Waals surface area contributed by atoms with Crippen LogP contribution in [0.4, 0.5) is 0 Å². The second-order valence-corrected chi connectivity index (χ2v) is 17.3. The zero-order chi connectivity index (χ0) is 46.1. The van der Waals surface area contributed by atoms with Crippen molar-refractivity contribution in [2.45, 2.75) is 77.3 Å². The van der Waals surface area contributed by atoms with Gasteiger partial charge >= 0.3 is 0 Å². The van der Waals surface area contributed by atoms with Gasteiger partial charge in [-0.15, -0.1) is 0 Å². The summed E-state index contributed by atoms with van der Waals surface area (Å²) in [5.41, 5.74) is 9.80. The average Bonchev–Trinajstić information content (AvgIpc) is 3.79. The number of azo groups is 1. The monoisotopic (exact) mass is 887 g/mol. The Labute approximate surface area is 377 Å². The number of amides is 2. The maximum atomic E-state index is 14.7. The fourth-order valence-electron chi connectivity index (χ4n) is 8.22. The first-order valence-electron chi connectivity index (χ1n) is 21.6. The summed E-state index contributed by atoms with van der Waals surface area (Å²) in [6.07, 6.45) is 2.60. The molecule has 0 saturated carbocycles. The number of nitrogens with zero attached hydrogens (tertiary/aromatic N) is 3. The largest absolute Gasteiger partial charge is 0.507 e. The van der Waals surface area contributed by atoms with E-state index in [9.17, 15) is 39.0 Å². The fourth-order valence-corrected chi connectivity index (χ4v) is 8.35. The van der Waals surface area contributed by atoms with Gasteiger partial charge in [0.05, 0.1) is 24.7 Å². The highest BCUT2D eigenvalue weighted by Gasteiger charge is 2.36. The number of nitrogens with one attached hydrogen (secondary N) is 1. The molecule has 13 nitrogen and oxygen atoms in total. The molecule has 0 unspecified atom stereocenters. The van der Waals surface area contributed by atoms with Crippen molar-refractivity contribution >= 4 is 46.5 Å². The average molecular weight is 888 g/mol. The molecule has 0 aliphatic carbocycles. The van der Waals surface area contributed by atoms with Crippen molar-refractivity contribution in [3.8, 4) is 33.8 Å². The highest BCUT2D eigenvalue weighted by atomic mass is 35.5. The third kappa shape index (κ3) is 11.6. The number of phenolic OH excluding ortho intramolecular Hbond substituents is 2. The molecule has 4 aromatic rings. The van der Waals surface area contributed by atoms with Crippen molar-refractivity contribution in [3.63, 3.8) is 0 Å². The molecule has 2 heterocycles. The zero-order valence-corrected chi connectivity index (χ0v) is 37.0. The first-order valence-corrected chi connectivity index (χ1v) is 22.0. The van der Waals surface area contributed by atoms with E-state index in [1.165, 1.54) is 36.2 Å². The maximum Gasteiger partial charge on any atom is 0.226 e. The SMILES string of the molecule is C[C@H](CC(=O)[C@@H]1Cc2ccc(O)c(c2)-c2cc(ccc2O)[C@H](N(C)C(=O)[C@H](CCCCN)CC(=O)c2ccc(-c3ccc(Cl)cc3)cc2)C(=O)C[C@@H](C)C(=O)N1)C(=O)CC1=CCN=N1. The summed E-state index contributed by atoms with van der Waals surface area (Å²) in [6.45, 7) is 3.99. The Morgan fingerprint density at radius 3 is 2.19 bits per heavy atom. The topological polar surface area (TPSA) is 209 Å². The molecule has 0 fully saturated rings. The van der Waals surface area contributed by atoms with E-state index in [1.54, 1.807) is 56.3 Å². The number of halogens is 1. The van der Waals surface area contributed by atoms with Gasteiger partial charge in [0.1, 0.15) is 23.3 Å². The molecule has 334 valence electrons. The Hall–Kier alpha value is -6.31. The number of ketones is 4. The van der Waals surface area contributed by atoms with Crippen LogP contribution in [0.1, 0.15) is 86.3 Å². The van der Waals surface area contributed by atoms with E-state index in [1.807, 2.05) is 24.3 Å². The smallest absolute Gasteiger partial charge is 0.226 e. The van der Waals surface area contributed by atoms with Crippen molar-refractivity contribution in [3.05, 3.63) is 118 Å². The third-order valence-corrected chi connectivity index (χ3v) is 12.3. The molecule has 5 atom stereocenters. The Bertz CT molecular complexity index is 2470. The summed E-state index contributed by atoms with van der Waals surface area (Å²) in [4.78, 5) is 85.3. The van der Waals surface area contributed by atoms with Gasteiger partial charge in [0.15, 0.2) is 17.3 Å². The van der Waals surface area contributed by atoms with Gasteiger partial charge in [-0.05, 0) is 90.5 Å². The lowest BCUT2D eigenvalue weighted by Crippen LogP contribution is -2.46. The Morgan fingerprint density at radius 1 is 0.875 bits per heavy atom. The quantitative estimate of drug-likeness (QED) is 0.0631. The lowest BCUT2D eigenvalue weighted by Gasteiger charge is -2.32. The number of allylic oxidation sites excluding steroid dienone is 1. The van der Waals surface area contributed by atoms with E-state index in [0.717, 1.165) is 11.1 Å². The summed E-state index contributed by atoms with van der Waals surface area (Å²) in [7, 11) is 1.48.